The van der Waals surface area contributed by atoms with E-state index in [0.717, 1.165) is 24.2 Å². The van der Waals surface area contributed by atoms with E-state index in [9.17, 15) is 5.11 Å². The highest BCUT2D eigenvalue weighted by molar-refractivity contribution is 5.42. The van der Waals surface area contributed by atoms with Gasteiger partial charge in [0.15, 0.2) is 0 Å². The van der Waals surface area contributed by atoms with Crippen molar-refractivity contribution in [2.75, 3.05) is 0 Å². The summed E-state index contributed by atoms with van der Waals surface area (Å²) in [6, 6.07) is 6.06. The third-order valence-corrected chi connectivity index (χ3v) is 3.17. The fraction of sp³-hybridized carbons (Fsp3) is 0.600. The van der Waals surface area contributed by atoms with Crippen LogP contribution in [-0.2, 0) is 6.42 Å². The fourth-order valence-corrected chi connectivity index (χ4v) is 2.42. The van der Waals surface area contributed by atoms with Gasteiger partial charge in [0, 0.05) is 6.42 Å². The van der Waals surface area contributed by atoms with E-state index in [2.05, 4.69) is 33.8 Å². The Morgan fingerprint density at radius 3 is 2.71 bits per heavy atom. The molecule has 1 aliphatic rings. The first-order valence-electron chi connectivity index (χ1n) is 6.37. The summed E-state index contributed by atoms with van der Waals surface area (Å²) < 4.78 is 5.83. The van der Waals surface area contributed by atoms with E-state index in [4.69, 9.17) is 4.74 Å². The van der Waals surface area contributed by atoms with Crippen LogP contribution in [0.4, 0.5) is 0 Å². The fourth-order valence-electron chi connectivity index (χ4n) is 2.42. The normalized spacial score (nSPS) is 18.9. The molecule has 94 valence electrons. The number of benzene rings is 1. The van der Waals surface area contributed by atoms with Gasteiger partial charge in [-0.2, -0.15) is 0 Å². The highest BCUT2D eigenvalue weighted by Gasteiger charge is 2.30. The summed E-state index contributed by atoms with van der Waals surface area (Å²) >= 11 is 0. The number of rotatable bonds is 3. The lowest BCUT2D eigenvalue weighted by Crippen LogP contribution is -2.24. The van der Waals surface area contributed by atoms with Crippen LogP contribution in [0.2, 0.25) is 0 Å². The second-order valence-electron chi connectivity index (χ2n) is 6.05. The van der Waals surface area contributed by atoms with Crippen molar-refractivity contribution in [2.45, 2.75) is 52.2 Å². The van der Waals surface area contributed by atoms with Crippen LogP contribution < -0.4 is 4.74 Å². The van der Waals surface area contributed by atoms with E-state index in [0.29, 0.717) is 5.92 Å². The molecule has 1 unspecified atom stereocenters. The van der Waals surface area contributed by atoms with E-state index in [1.165, 1.54) is 5.56 Å². The summed E-state index contributed by atoms with van der Waals surface area (Å²) in [5, 5.41) is 10.1. The summed E-state index contributed by atoms with van der Waals surface area (Å²) in [6.07, 6.45) is 1.37. The molecule has 1 aromatic carbocycles. The van der Waals surface area contributed by atoms with E-state index in [-0.39, 0.29) is 11.7 Å². The molecule has 0 saturated heterocycles. The SMILES string of the molecule is CC(C)CC(O)c1ccc2c(c1)CC(C)(C)O2. The van der Waals surface area contributed by atoms with Gasteiger partial charge in [-0.25, -0.2) is 0 Å². The molecule has 0 spiro atoms. The van der Waals surface area contributed by atoms with Crippen LogP contribution in [-0.4, -0.2) is 10.7 Å². The van der Waals surface area contributed by atoms with Crippen LogP contribution in [0.1, 0.15) is 51.3 Å². The second-order valence-corrected chi connectivity index (χ2v) is 6.05. The predicted molar refractivity (Wildman–Crippen MR) is 69.3 cm³/mol. The number of ether oxygens (including phenoxy) is 1. The Balaban J connectivity index is 2.19. The average Bonchev–Trinajstić information content (AvgIpc) is 2.48. The van der Waals surface area contributed by atoms with Gasteiger partial charge >= 0.3 is 0 Å². The number of aliphatic hydroxyl groups excluding tert-OH is 1. The lowest BCUT2D eigenvalue weighted by atomic mass is 9.95. The quantitative estimate of drug-likeness (QED) is 0.867. The Morgan fingerprint density at radius 1 is 1.35 bits per heavy atom. The van der Waals surface area contributed by atoms with Crippen LogP contribution >= 0.6 is 0 Å². The molecule has 0 aliphatic carbocycles. The smallest absolute Gasteiger partial charge is 0.123 e. The van der Waals surface area contributed by atoms with Crippen LogP contribution in [0.15, 0.2) is 18.2 Å². The van der Waals surface area contributed by atoms with Crippen molar-refractivity contribution in [3.63, 3.8) is 0 Å². The molecule has 1 aromatic rings. The lowest BCUT2D eigenvalue weighted by molar-refractivity contribution is 0.138. The highest BCUT2D eigenvalue weighted by Crippen LogP contribution is 2.36. The van der Waals surface area contributed by atoms with Gasteiger partial charge < -0.3 is 9.84 Å². The van der Waals surface area contributed by atoms with Crippen molar-refractivity contribution in [3.05, 3.63) is 29.3 Å². The molecular weight excluding hydrogens is 212 g/mol. The molecule has 0 radical (unpaired) electrons. The van der Waals surface area contributed by atoms with E-state index >= 15 is 0 Å². The first-order chi connectivity index (χ1) is 7.87. The van der Waals surface area contributed by atoms with Gasteiger partial charge in [-0.05, 0) is 49.4 Å². The van der Waals surface area contributed by atoms with E-state index in [1.807, 2.05) is 12.1 Å². The van der Waals surface area contributed by atoms with Crippen molar-refractivity contribution in [1.82, 2.24) is 0 Å². The lowest BCUT2D eigenvalue weighted by Gasteiger charge is -2.16. The second kappa shape index (κ2) is 4.34. The largest absolute Gasteiger partial charge is 0.487 e. The average molecular weight is 234 g/mol. The summed E-state index contributed by atoms with van der Waals surface area (Å²) in [6.45, 7) is 8.44. The minimum Gasteiger partial charge on any atom is -0.487 e. The molecule has 0 fully saturated rings. The van der Waals surface area contributed by atoms with Gasteiger partial charge in [0.1, 0.15) is 11.4 Å². The summed E-state index contributed by atoms with van der Waals surface area (Å²) in [4.78, 5) is 0. The van der Waals surface area contributed by atoms with Gasteiger partial charge in [0.25, 0.3) is 0 Å². The maximum atomic E-state index is 10.1. The Morgan fingerprint density at radius 2 is 2.06 bits per heavy atom. The van der Waals surface area contributed by atoms with Crippen LogP contribution in [0.25, 0.3) is 0 Å². The van der Waals surface area contributed by atoms with Crippen molar-refractivity contribution in [1.29, 1.82) is 0 Å². The molecule has 1 heterocycles. The highest BCUT2D eigenvalue weighted by atomic mass is 16.5. The molecular formula is C15H22O2. The van der Waals surface area contributed by atoms with Crippen molar-refractivity contribution in [2.24, 2.45) is 5.92 Å². The topological polar surface area (TPSA) is 29.5 Å². The van der Waals surface area contributed by atoms with Gasteiger partial charge in [-0.1, -0.05) is 19.9 Å². The Labute approximate surface area is 104 Å². The summed E-state index contributed by atoms with van der Waals surface area (Å²) in [5.41, 5.74) is 2.12. The minimum atomic E-state index is -0.357. The van der Waals surface area contributed by atoms with Crippen molar-refractivity contribution < 1.29 is 9.84 Å². The zero-order valence-corrected chi connectivity index (χ0v) is 11.2. The van der Waals surface area contributed by atoms with Crippen LogP contribution in [0.5, 0.6) is 5.75 Å². The molecule has 17 heavy (non-hydrogen) atoms. The summed E-state index contributed by atoms with van der Waals surface area (Å²) in [7, 11) is 0. The maximum absolute atomic E-state index is 10.1. The van der Waals surface area contributed by atoms with Gasteiger partial charge in [0.05, 0.1) is 6.10 Å². The molecule has 0 saturated carbocycles. The third kappa shape index (κ3) is 2.81. The number of hydrogen-bond acceptors (Lipinski definition) is 2. The molecule has 1 N–H and O–H groups in total. The zero-order valence-electron chi connectivity index (χ0n) is 11.2. The van der Waals surface area contributed by atoms with Gasteiger partial charge in [-0.3, -0.25) is 0 Å². The Bertz CT molecular complexity index is 407. The molecule has 1 atom stereocenters. The van der Waals surface area contributed by atoms with Gasteiger partial charge in [0.2, 0.25) is 0 Å². The maximum Gasteiger partial charge on any atom is 0.123 e. The first-order valence-corrected chi connectivity index (χ1v) is 6.37. The predicted octanol–water partition coefficient (Wildman–Crippen LogP) is 3.48. The molecule has 2 heteroatoms. The molecule has 0 bridgehead atoms. The third-order valence-electron chi connectivity index (χ3n) is 3.17. The molecule has 2 nitrogen and oxygen atoms in total. The molecule has 0 amide bonds. The first kappa shape index (κ1) is 12.4. The standard InChI is InChI=1S/C15H22O2/c1-10(2)7-13(16)11-5-6-14-12(8-11)9-15(3,4)17-14/h5-6,8,10,13,16H,7,9H2,1-4H3. The van der Waals surface area contributed by atoms with Gasteiger partial charge in [-0.15, -0.1) is 0 Å². The number of aliphatic hydroxyl groups is 1. The zero-order chi connectivity index (χ0) is 12.6. The molecule has 1 aliphatic heterocycles. The number of fused-ring (bicyclic) bond motifs is 1. The Kier molecular flexibility index (Phi) is 3.17. The summed E-state index contributed by atoms with van der Waals surface area (Å²) in [5.74, 6) is 1.47. The number of hydrogen-bond donors (Lipinski definition) is 1. The van der Waals surface area contributed by atoms with Crippen LogP contribution in [0, 0.1) is 5.92 Å². The van der Waals surface area contributed by atoms with E-state index in [1.54, 1.807) is 0 Å². The molecule has 0 aromatic heterocycles. The minimum absolute atomic E-state index is 0.107. The van der Waals surface area contributed by atoms with Crippen molar-refractivity contribution >= 4 is 0 Å². The molecule has 2 rings (SSSR count). The van der Waals surface area contributed by atoms with Crippen LogP contribution in [0.3, 0.4) is 0 Å². The van der Waals surface area contributed by atoms with Crippen molar-refractivity contribution in [3.8, 4) is 5.75 Å². The Hall–Kier alpha value is -1.02. The monoisotopic (exact) mass is 234 g/mol. The van der Waals surface area contributed by atoms with E-state index < -0.39 is 0 Å².